The van der Waals surface area contributed by atoms with Crippen LogP contribution in [-0.4, -0.2) is 24.2 Å². The third kappa shape index (κ3) is 8.71. The van der Waals surface area contributed by atoms with Crippen molar-refractivity contribution in [2.75, 3.05) is 12.4 Å². The lowest BCUT2D eigenvalue weighted by Crippen LogP contribution is -2.20. The topological polar surface area (TPSA) is 84.8 Å². The molecule has 0 bridgehead atoms. The summed E-state index contributed by atoms with van der Waals surface area (Å²) in [5, 5.41) is 9.73. The van der Waals surface area contributed by atoms with Gasteiger partial charge in [0.25, 0.3) is 0 Å². The lowest BCUT2D eigenvalue weighted by Gasteiger charge is -2.14. The normalized spacial score (nSPS) is 11.5. The average molecular weight is 735 g/mol. The number of rotatable bonds is 10. The minimum atomic E-state index is -4.45. The van der Waals surface area contributed by atoms with Gasteiger partial charge in [0, 0.05) is 11.1 Å². The number of anilines is 2. The Morgan fingerprint density at radius 2 is 1.95 bits per heavy atom. The highest BCUT2D eigenvalue weighted by atomic mass is 127. The number of hydrogen-bond acceptors (Lipinski definition) is 7. The lowest BCUT2D eigenvalue weighted by atomic mass is 10.2. The number of carbonyl (C=O) groups excluding carboxylic acids is 1. The van der Waals surface area contributed by atoms with Crippen LogP contribution in [0.15, 0.2) is 65.1 Å². The summed E-state index contributed by atoms with van der Waals surface area (Å²) >= 11 is 15.3. The van der Waals surface area contributed by atoms with Gasteiger partial charge >= 0.3 is 6.18 Å². The lowest BCUT2D eigenvalue weighted by molar-refractivity contribution is -0.137. The molecule has 214 valence electrons. The quantitative estimate of drug-likeness (QED) is 0.0978. The molecule has 0 aliphatic heterocycles. The highest BCUT2D eigenvalue weighted by Crippen LogP contribution is 2.35. The van der Waals surface area contributed by atoms with Crippen molar-refractivity contribution in [3.63, 3.8) is 0 Å². The number of nitrogens with zero attached hydrogens (tertiary/aromatic N) is 2. The number of alkyl halides is 3. The SMILES string of the molecule is COc1cc(/C=N\NC(=O)Cc2csc(Nc3cccc(C(F)(F)F)c3)n2)cc(I)c1OCc1ccc(Cl)c(Cl)c1. The van der Waals surface area contributed by atoms with Crippen LogP contribution in [0.1, 0.15) is 22.4 Å². The number of thiazole rings is 1. The number of carbonyl (C=O) groups is 1. The van der Waals surface area contributed by atoms with Crippen molar-refractivity contribution in [1.29, 1.82) is 0 Å². The van der Waals surface area contributed by atoms with E-state index in [2.05, 4.69) is 43.4 Å². The third-order valence-corrected chi connectivity index (χ3v) is 7.70. The fourth-order valence-electron chi connectivity index (χ4n) is 3.46. The van der Waals surface area contributed by atoms with E-state index in [0.29, 0.717) is 37.9 Å². The van der Waals surface area contributed by atoms with Crippen molar-refractivity contribution < 1.29 is 27.4 Å². The van der Waals surface area contributed by atoms with Crippen LogP contribution in [0.25, 0.3) is 0 Å². The second-order valence-electron chi connectivity index (χ2n) is 8.39. The predicted octanol–water partition coefficient (Wildman–Crippen LogP) is 8.10. The summed E-state index contributed by atoms with van der Waals surface area (Å²) < 4.78 is 51.0. The van der Waals surface area contributed by atoms with Gasteiger partial charge in [-0.05, 0) is 76.2 Å². The summed E-state index contributed by atoms with van der Waals surface area (Å²) in [5.74, 6) is 0.604. The summed E-state index contributed by atoms with van der Waals surface area (Å²) in [6.45, 7) is 0.251. The Bertz CT molecular complexity index is 1580. The number of amides is 1. The molecule has 4 aromatic rings. The second-order valence-corrected chi connectivity index (χ2v) is 11.2. The number of hydrogen-bond donors (Lipinski definition) is 2. The first-order chi connectivity index (χ1) is 19.5. The van der Waals surface area contributed by atoms with Gasteiger partial charge in [-0.1, -0.05) is 35.3 Å². The summed E-state index contributed by atoms with van der Waals surface area (Å²) in [7, 11) is 1.52. The molecule has 1 heterocycles. The number of aromatic nitrogens is 1. The van der Waals surface area contributed by atoms with Gasteiger partial charge < -0.3 is 14.8 Å². The first-order valence-electron chi connectivity index (χ1n) is 11.7. The van der Waals surface area contributed by atoms with Crippen LogP contribution in [0.5, 0.6) is 11.5 Å². The van der Waals surface area contributed by atoms with Crippen LogP contribution < -0.4 is 20.2 Å². The van der Waals surface area contributed by atoms with Crippen LogP contribution in [0.3, 0.4) is 0 Å². The molecule has 41 heavy (non-hydrogen) atoms. The average Bonchev–Trinajstić information content (AvgIpc) is 3.35. The van der Waals surface area contributed by atoms with Crippen LogP contribution in [0.4, 0.5) is 24.0 Å². The van der Waals surface area contributed by atoms with Crippen molar-refractivity contribution in [3.05, 3.63) is 96.0 Å². The smallest absolute Gasteiger partial charge is 0.416 e. The molecule has 0 fully saturated rings. The van der Waals surface area contributed by atoms with E-state index in [1.807, 2.05) is 12.1 Å². The van der Waals surface area contributed by atoms with Crippen LogP contribution in [0.2, 0.25) is 10.0 Å². The second kappa shape index (κ2) is 13.7. The van der Waals surface area contributed by atoms with Gasteiger partial charge in [-0.3, -0.25) is 4.79 Å². The molecule has 7 nitrogen and oxygen atoms in total. The van der Waals surface area contributed by atoms with Crippen LogP contribution in [-0.2, 0) is 24.0 Å². The Kier molecular flexibility index (Phi) is 10.3. The molecular formula is C27H20Cl2F3IN4O3S. The van der Waals surface area contributed by atoms with E-state index in [0.717, 1.165) is 21.3 Å². The molecule has 0 spiro atoms. The predicted molar refractivity (Wildman–Crippen MR) is 163 cm³/mol. The maximum Gasteiger partial charge on any atom is 0.416 e. The third-order valence-electron chi connectivity index (χ3n) is 5.36. The van der Waals surface area contributed by atoms with Crippen molar-refractivity contribution >= 4 is 80.1 Å². The molecule has 0 aliphatic rings. The molecule has 2 N–H and O–H groups in total. The Balaban J connectivity index is 1.32. The Labute approximate surface area is 260 Å². The fraction of sp³-hybridized carbons (Fsp3) is 0.148. The minimum Gasteiger partial charge on any atom is -0.493 e. The number of nitrogens with one attached hydrogen (secondary N) is 2. The first-order valence-corrected chi connectivity index (χ1v) is 14.4. The van der Waals surface area contributed by atoms with E-state index in [1.165, 1.54) is 36.8 Å². The monoisotopic (exact) mass is 734 g/mol. The van der Waals surface area contributed by atoms with E-state index in [4.69, 9.17) is 32.7 Å². The van der Waals surface area contributed by atoms with Crippen LogP contribution >= 0.6 is 57.1 Å². The van der Waals surface area contributed by atoms with Crippen molar-refractivity contribution in [2.45, 2.75) is 19.2 Å². The highest BCUT2D eigenvalue weighted by Gasteiger charge is 2.30. The van der Waals surface area contributed by atoms with Gasteiger partial charge in [-0.15, -0.1) is 11.3 Å². The zero-order chi connectivity index (χ0) is 29.6. The first kappa shape index (κ1) is 30.9. The van der Waals surface area contributed by atoms with Crippen molar-refractivity contribution in [3.8, 4) is 11.5 Å². The molecule has 0 saturated heterocycles. The van der Waals surface area contributed by atoms with Gasteiger partial charge in [-0.2, -0.15) is 18.3 Å². The molecule has 3 aromatic carbocycles. The molecule has 4 rings (SSSR count). The molecular weight excluding hydrogens is 715 g/mol. The fourth-order valence-corrected chi connectivity index (χ4v) is 5.30. The number of halogens is 6. The van der Waals surface area contributed by atoms with Gasteiger partial charge in [0.1, 0.15) is 6.61 Å². The van der Waals surface area contributed by atoms with E-state index in [1.54, 1.807) is 23.6 Å². The Morgan fingerprint density at radius 3 is 2.68 bits per heavy atom. The maximum atomic E-state index is 12.9. The molecule has 1 aromatic heterocycles. The Hall–Kier alpha value is -3.07. The number of hydrazone groups is 1. The number of ether oxygens (including phenoxy) is 2. The standard InChI is InChI=1S/C27H20Cl2F3IN4O3S/c1-39-23-9-16(8-22(33)25(23)40-13-15-5-6-20(28)21(29)7-15)12-34-37-24(38)11-19-14-41-26(36-19)35-18-4-2-3-17(10-18)27(30,31)32/h2-10,12,14H,11,13H2,1H3,(H,35,36)(H,37,38)/b34-12-. The molecule has 14 heteroatoms. The van der Waals surface area contributed by atoms with Crippen molar-refractivity contribution in [1.82, 2.24) is 10.4 Å². The van der Waals surface area contributed by atoms with Gasteiger partial charge in [0.05, 0.1) is 44.6 Å². The summed E-state index contributed by atoms with van der Waals surface area (Å²) in [4.78, 5) is 16.6. The van der Waals surface area contributed by atoms with Crippen LogP contribution in [0, 0.1) is 3.57 Å². The Morgan fingerprint density at radius 1 is 1.15 bits per heavy atom. The van der Waals surface area contributed by atoms with Gasteiger partial charge in [0.15, 0.2) is 16.6 Å². The van der Waals surface area contributed by atoms with Gasteiger partial charge in [0.2, 0.25) is 5.91 Å². The van der Waals surface area contributed by atoms with E-state index < -0.39 is 17.6 Å². The zero-order valence-corrected chi connectivity index (χ0v) is 25.5. The molecule has 0 atom stereocenters. The number of benzene rings is 3. The molecule has 0 saturated carbocycles. The summed E-state index contributed by atoms with van der Waals surface area (Å²) in [6.07, 6.45) is -3.05. The summed E-state index contributed by atoms with van der Waals surface area (Å²) in [5.41, 5.74) is 3.86. The van der Waals surface area contributed by atoms with Gasteiger partial charge in [-0.25, -0.2) is 10.4 Å². The number of methoxy groups -OCH3 is 1. The van der Waals surface area contributed by atoms with E-state index in [-0.39, 0.29) is 18.7 Å². The largest absolute Gasteiger partial charge is 0.493 e. The molecule has 0 unspecified atom stereocenters. The molecule has 1 amide bonds. The zero-order valence-electron chi connectivity index (χ0n) is 21.1. The van der Waals surface area contributed by atoms with Crippen molar-refractivity contribution in [2.24, 2.45) is 5.10 Å². The van der Waals surface area contributed by atoms with E-state index in [9.17, 15) is 18.0 Å². The highest BCUT2D eigenvalue weighted by molar-refractivity contribution is 14.1. The maximum absolute atomic E-state index is 12.9. The minimum absolute atomic E-state index is 0.0690. The molecule has 0 radical (unpaired) electrons. The summed E-state index contributed by atoms with van der Waals surface area (Å²) in [6, 6.07) is 13.6. The molecule has 0 aliphatic carbocycles. The van der Waals surface area contributed by atoms with E-state index >= 15 is 0 Å².